The summed E-state index contributed by atoms with van der Waals surface area (Å²) in [6, 6.07) is 0. The molecule has 0 bridgehead atoms. The highest BCUT2D eigenvalue weighted by Crippen LogP contribution is 2.24. The Labute approximate surface area is 172 Å². The monoisotopic (exact) mass is 400 g/mol. The SMILES string of the molecule is CCCCCCCCC(=O)OCC(CC)(CO)COC(=O)C(CC)CCCC. The summed E-state index contributed by atoms with van der Waals surface area (Å²) in [6.07, 6.45) is 11.3. The van der Waals surface area contributed by atoms with Crippen molar-refractivity contribution in [3.05, 3.63) is 0 Å². The Morgan fingerprint density at radius 2 is 1.46 bits per heavy atom. The third-order valence-electron chi connectivity index (χ3n) is 5.61. The van der Waals surface area contributed by atoms with E-state index in [2.05, 4.69) is 13.8 Å². The second-order valence-electron chi connectivity index (χ2n) is 8.05. The van der Waals surface area contributed by atoms with Gasteiger partial charge in [-0.1, -0.05) is 72.6 Å². The molecule has 0 aliphatic heterocycles. The molecule has 166 valence electrons. The number of carbonyl (C=O) groups is 2. The van der Waals surface area contributed by atoms with Crippen molar-refractivity contribution in [2.24, 2.45) is 11.3 Å². The maximum atomic E-state index is 12.3. The van der Waals surface area contributed by atoms with Gasteiger partial charge in [0.1, 0.15) is 13.2 Å². The standard InChI is InChI=1S/C23H44O5/c1-5-9-11-12-13-14-16-21(25)27-18-23(8-4,17-24)19-28-22(26)20(7-3)15-10-6-2/h20,24H,5-19H2,1-4H3. The first-order chi connectivity index (χ1) is 13.5. The fourth-order valence-corrected chi connectivity index (χ4v) is 3.09. The summed E-state index contributed by atoms with van der Waals surface area (Å²) < 4.78 is 10.9. The Morgan fingerprint density at radius 1 is 0.857 bits per heavy atom. The van der Waals surface area contributed by atoms with Gasteiger partial charge in [-0.15, -0.1) is 0 Å². The molecule has 5 heteroatoms. The minimum atomic E-state index is -0.713. The predicted octanol–water partition coefficient (Wildman–Crippen LogP) is 5.43. The van der Waals surface area contributed by atoms with Gasteiger partial charge in [-0.05, 0) is 25.7 Å². The molecule has 0 saturated carbocycles. The van der Waals surface area contributed by atoms with E-state index in [1.165, 1.54) is 19.3 Å². The third-order valence-corrected chi connectivity index (χ3v) is 5.61. The molecule has 0 rings (SSSR count). The number of aliphatic hydroxyl groups excluding tert-OH is 1. The minimum Gasteiger partial charge on any atom is -0.465 e. The van der Waals surface area contributed by atoms with Gasteiger partial charge in [0.15, 0.2) is 0 Å². The number of carbonyl (C=O) groups excluding carboxylic acids is 2. The average Bonchev–Trinajstić information content (AvgIpc) is 2.71. The lowest BCUT2D eigenvalue weighted by Crippen LogP contribution is -2.38. The van der Waals surface area contributed by atoms with Gasteiger partial charge < -0.3 is 14.6 Å². The molecule has 0 fully saturated rings. The molecule has 0 aromatic rings. The van der Waals surface area contributed by atoms with Crippen LogP contribution in [0.5, 0.6) is 0 Å². The van der Waals surface area contributed by atoms with Crippen molar-refractivity contribution >= 4 is 11.9 Å². The first-order valence-corrected chi connectivity index (χ1v) is 11.4. The second-order valence-corrected chi connectivity index (χ2v) is 8.05. The van der Waals surface area contributed by atoms with Crippen LogP contribution in [-0.4, -0.2) is 36.9 Å². The van der Waals surface area contributed by atoms with Gasteiger partial charge in [0.05, 0.1) is 17.9 Å². The molecule has 0 amide bonds. The van der Waals surface area contributed by atoms with Crippen molar-refractivity contribution in [1.82, 2.24) is 0 Å². The van der Waals surface area contributed by atoms with Crippen LogP contribution in [0, 0.1) is 11.3 Å². The Morgan fingerprint density at radius 3 is 2.04 bits per heavy atom. The number of rotatable bonds is 18. The smallest absolute Gasteiger partial charge is 0.308 e. The van der Waals surface area contributed by atoms with Crippen LogP contribution in [0.4, 0.5) is 0 Å². The summed E-state index contributed by atoms with van der Waals surface area (Å²) in [5.41, 5.74) is -0.713. The minimum absolute atomic E-state index is 0.0890. The number of unbranched alkanes of at least 4 members (excludes halogenated alkanes) is 6. The topological polar surface area (TPSA) is 72.8 Å². The quantitative estimate of drug-likeness (QED) is 0.245. The van der Waals surface area contributed by atoms with Crippen molar-refractivity contribution in [3.8, 4) is 0 Å². The molecule has 0 aromatic heterocycles. The van der Waals surface area contributed by atoms with Gasteiger partial charge in [-0.2, -0.15) is 0 Å². The number of aliphatic hydroxyl groups is 1. The molecule has 0 aromatic carbocycles. The molecule has 0 aliphatic rings. The van der Waals surface area contributed by atoms with Crippen LogP contribution in [0.2, 0.25) is 0 Å². The van der Waals surface area contributed by atoms with E-state index in [0.717, 1.165) is 44.9 Å². The predicted molar refractivity (Wildman–Crippen MR) is 113 cm³/mol. The first-order valence-electron chi connectivity index (χ1n) is 11.4. The normalized spacial score (nSPS) is 14.3. The van der Waals surface area contributed by atoms with E-state index in [1.54, 1.807) is 0 Å². The van der Waals surface area contributed by atoms with Crippen LogP contribution in [0.25, 0.3) is 0 Å². The highest BCUT2D eigenvalue weighted by molar-refractivity contribution is 5.72. The molecule has 2 unspecified atom stereocenters. The molecular weight excluding hydrogens is 356 g/mol. The Kier molecular flexibility index (Phi) is 16.2. The molecule has 0 saturated heterocycles. The molecule has 0 spiro atoms. The van der Waals surface area contributed by atoms with E-state index < -0.39 is 5.41 Å². The van der Waals surface area contributed by atoms with E-state index in [-0.39, 0.29) is 37.7 Å². The highest BCUT2D eigenvalue weighted by atomic mass is 16.5. The van der Waals surface area contributed by atoms with E-state index in [1.807, 2.05) is 13.8 Å². The third kappa shape index (κ3) is 11.7. The van der Waals surface area contributed by atoms with Crippen LogP contribution < -0.4 is 0 Å². The average molecular weight is 401 g/mol. The number of esters is 2. The molecule has 0 heterocycles. The van der Waals surface area contributed by atoms with Crippen LogP contribution in [0.1, 0.15) is 105 Å². The lowest BCUT2D eigenvalue weighted by Gasteiger charge is -2.30. The Hall–Kier alpha value is -1.10. The van der Waals surface area contributed by atoms with Gasteiger partial charge in [-0.3, -0.25) is 9.59 Å². The van der Waals surface area contributed by atoms with E-state index in [4.69, 9.17) is 9.47 Å². The summed E-state index contributed by atoms with van der Waals surface area (Å²) in [5.74, 6) is -0.536. The zero-order chi connectivity index (χ0) is 21.3. The van der Waals surface area contributed by atoms with E-state index >= 15 is 0 Å². The molecule has 2 atom stereocenters. The van der Waals surface area contributed by atoms with Crippen molar-refractivity contribution in [2.45, 2.75) is 105 Å². The number of hydrogen-bond donors (Lipinski definition) is 1. The van der Waals surface area contributed by atoms with E-state index in [0.29, 0.717) is 12.8 Å². The molecule has 0 radical (unpaired) electrons. The summed E-state index contributed by atoms with van der Waals surface area (Å²) in [5, 5.41) is 9.85. The fourth-order valence-electron chi connectivity index (χ4n) is 3.09. The van der Waals surface area contributed by atoms with Crippen molar-refractivity contribution in [1.29, 1.82) is 0 Å². The lowest BCUT2D eigenvalue weighted by molar-refractivity contribution is -0.159. The van der Waals surface area contributed by atoms with Gasteiger partial charge in [0.25, 0.3) is 0 Å². The highest BCUT2D eigenvalue weighted by Gasteiger charge is 2.32. The lowest BCUT2D eigenvalue weighted by atomic mass is 9.88. The molecule has 5 nitrogen and oxygen atoms in total. The molecule has 1 N–H and O–H groups in total. The van der Waals surface area contributed by atoms with Crippen LogP contribution in [0.15, 0.2) is 0 Å². The summed E-state index contributed by atoms with van der Waals surface area (Å²) in [7, 11) is 0. The first kappa shape index (κ1) is 26.9. The van der Waals surface area contributed by atoms with Crippen molar-refractivity contribution in [2.75, 3.05) is 19.8 Å². The maximum absolute atomic E-state index is 12.3. The summed E-state index contributed by atoms with van der Waals surface area (Å²) in [6.45, 7) is 8.20. The van der Waals surface area contributed by atoms with Gasteiger partial charge in [0, 0.05) is 6.42 Å². The number of hydrogen-bond acceptors (Lipinski definition) is 5. The maximum Gasteiger partial charge on any atom is 0.308 e. The van der Waals surface area contributed by atoms with Crippen LogP contribution in [-0.2, 0) is 19.1 Å². The van der Waals surface area contributed by atoms with Crippen molar-refractivity contribution < 1.29 is 24.2 Å². The van der Waals surface area contributed by atoms with Gasteiger partial charge in [0.2, 0.25) is 0 Å². The molecule has 28 heavy (non-hydrogen) atoms. The number of ether oxygens (including phenoxy) is 2. The fraction of sp³-hybridized carbons (Fsp3) is 0.913. The van der Waals surface area contributed by atoms with Crippen molar-refractivity contribution in [3.63, 3.8) is 0 Å². The van der Waals surface area contributed by atoms with Crippen LogP contribution in [0.3, 0.4) is 0 Å². The zero-order valence-electron chi connectivity index (χ0n) is 18.8. The largest absolute Gasteiger partial charge is 0.465 e. The Bertz CT molecular complexity index is 404. The molecular formula is C23H44O5. The van der Waals surface area contributed by atoms with E-state index in [9.17, 15) is 14.7 Å². The zero-order valence-corrected chi connectivity index (χ0v) is 18.8. The van der Waals surface area contributed by atoms with Gasteiger partial charge >= 0.3 is 11.9 Å². The molecule has 0 aliphatic carbocycles. The Balaban J connectivity index is 4.35. The summed E-state index contributed by atoms with van der Waals surface area (Å²) >= 11 is 0. The second kappa shape index (κ2) is 16.8. The summed E-state index contributed by atoms with van der Waals surface area (Å²) in [4.78, 5) is 24.3. The van der Waals surface area contributed by atoms with Gasteiger partial charge in [-0.25, -0.2) is 0 Å². The van der Waals surface area contributed by atoms with Crippen LogP contribution >= 0.6 is 0 Å².